The van der Waals surface area contributed by atoms with Crippen LogP contribution in [0.4, 0.5) is 0 Å². The van der Waals surface area contributed by atoms with E-state index in [9.17, 15) is 14.7 Å². The summed E-state index contributed by atoms with van der Waals surface area (Å²) in [6.07, 6.45) is 0. The molecule has 1 aromatic carbocycles. The van der Waals surface area contributed by atoms with Crippen LogP contribution in [0.3, 0.4) is 0 Å². The van der Waals surface area contributed by atoms with Crippen molar-refractivity contribution in [1.29, 1.82) is 0 Å². The highest BCUT2D eigenvalue weighted by Gasteiger charge is 2.34. The maximum absolute atomic E-state index is 12.8. The van der Waals surface area contributed by atoms with Crippen molar-refractivity contribution in [3.8, 4) is 16.2 Å². The third-order valence-corrected chi connectivity index (χ3v) is 5.41. The first-order chi connectivity index (χ1) is 11.6. The molecule has 0 radical (unpaired) electrons. The van der Waals surface area contributed by atoms with Gasteiger partial charge in [0, 0.05) is 22.5 Å². The number of hydrogen-bond donors (Lipinski definition) is 1. The maximum atomic E-state index is 12.8. The summed E-state index contributed by atoms with van der Waals surface area (Å²) < 4.78 is 10.9. The van der Waals surface area contributed by atoms with Crippen LogP contribution in [-0.2, 0) is 16.1 Å². The lowest BCUT2D eigenvalue weighted by molar-refractivity contribution is -0.147. The third-order valence-electron chi connectivity index (χ3n) is 4.21. The predicted octanol–water partition coefficient (Wildman–Crippen LogP) is 2.23. The highest BCUT2D eigenvalue weighted by molar-refractivity contribution is 7.17. The first kappa shape index (κ1) is 15.2. The molecule has 2 aliphatic rings. The second kappa shape index (κ2) is 5.92. The van der Waals surface area contributed by atoms with Gasteiger partial charge in [-0.1, -0.05) is 12.1 Å². The zero-order chi connectivity index (χ0) is 16.7. The molecule has 2 aliphatic heterocycles. The summed E-state index contributed by atoms with van der Waals surface area (Å²) >= 11 is 1.39. The number of thiophene rings is 1. The van der Waals surface area contributed by atoms with E-state index >= 15 is 0 Å². The molecule has 124 valence electrons. The molecule has 1 unspecified atom stereocenters. The molecule has 1 amide bonds. The maximum Gasteiger partial charge on any atom is 0.328 e. The number of aliphatic carboxylic acids is 1. The van der Waals surface area contributed by atoms with Gasteiger partial charge in [0.05, 0.1) is 18.1 Å². The van der Waals surface area contributed by atoms with Gasteiger partial charge < -0.3 is 19.5 Å². The molecule has 1 atom stereocenters. The molecule has 3 heterocycles. The highest BCUT2D eigenvalue weighted by Crippen LogP contribution is 2.42. The van der Waals surface area contributed by atoms with Gasteiger partial charge in [-0.05, 0) is 18.2 Å². The van der Waals surface area contributed by atoms with Crippen LogP contribution in [0.25, 0.3) is 10.4 Å². The molecule has 1 aromatic heterocycles. The van der Waals surface area contributed by atoms with Crippen molar-refractivity contribution < 1.29 is 24.2 Å². The van der Waals surface area contributed by atoms with E-state index in [1.54, 1.807) is 0 Å². The smallest absolute Gasteiger partial charge is 0.328 e. The van der Waals surface area contributed by atoms with Crippen molar-refractivity contribution in [2.24, 2.45) is 0 Å². The molecular formula is C17H15NO5S. The van der Waals surface area contributed by atoms with E-state index in [4.69, 9.17) is 9.47 Å². The fraction of sp³-hybridized carbons (Fsp3) is 0.294. The van der Waals surface area contributed by atoms with Crippen LogP contribution >= 0.6 is 11.3 Å². The fourth-order valence-corrected chi connectivity index (χ4v) is 4.15. The molecular weight excluding hydrogens is 330 g/mol. The van der Waals surface area contributed by atoms with Gasteiger partial charge in [-0.2, -0.15) is 0 Å². The van der Waals surface area contributed by atoms with Gasteiger partial charge in [0.25, 0.3) is 5.91 Å². The van der Waals surface area contributed by atoms with Crippen molar-refractivity contribution in [3.63, 3.8) is 0 Å². The molecule has 1 fully saturated rings. The Morgan fingerprint density at radius 1 is 1.29 bits per heavy atom. The number of morpholine rings is 1. The van der Waals surface area contributed by atoms with Crippen molar-refractivity contribution in [2.45, 2.75) is 12.6 Å². The van der Waals surface area contributed by atoms with Crippen LogP contribution < -0.4 is 4.74 Å². The van der Waals surface area contributed by atoms with E-state index in [-0.39, 0.29) is 19.1 Å². The van der Waals surface area contributed by atoms with Gasteiger partial charge in [0.15, 0.2) is 6.04 Å². The van der Waals surface area contributed by atoms with Crippen LogP contribution in [0.1, 0.15) is 15.2 Å². The van der Waals surface area contributed by atoms with Gasteiger partial charge >= 0.3 is 5.97 Å². The van der Waals surface area contributed by atoms with Crippen molar-refractivity contribution in [2.75, 3.05) is 19.8 Å². The van der Waals surface area contributed by atoms with E-state index in [0.29, 0.717) is 18.1 Å². The molecule has 0 aliphatic carbocycles. The van der Waals surface area contributed by atoms with E-state index in [1.165, 1.54) is 16.2 Å². The van der Waals surface area contributed by atoms with Crippen LogP contribution in [0.5, 0.6) is 5.75 Å². The Morgan fingerprint density at radius 2 is 2.12 bits per heavy atom. The minimum absolute atomic E-state index is 0.0259. The summed E-state index contributed by atoms with van der Waals surface area (Å²) in [5.41, 5.74) is 1.93. The van der Waals surface area contributed by atoms with Gasteiger partial charge in [-0.15, -0.1) is 11.3 Å². The first-order valence-electron chi connectivity index (χ1n) is 7.61. The molecule has 4 rings (SSSR count). The summed E-state index contributed by atoms with van der Waals surface area (Å²) in [7, 11) is 0. The van der Waals surface area contributed by atoms with E-state index in [2.05, 4.69) is 0 Å². The van der Waals surface area contributed by atoms with Gasteiger partial charge in [-0.25, -0.2) is 4.79 Å². The van der Waals surface area contributed by atoms with E-state index < -0.39 is 12.0 Å². The average molecular weight is 345 g/mol. The van der Waals surface area contributed by atoms with Crippen molar-refractivity contribution >= 4 is 23.2 Å². The Morgan fingerprint density at radius 3 is 2.96 bits per heavy atom. The molecule has 0 saturated carbocycles. The largest absolute Gasteiger partial charge is 0.488 e. The van der Waals surface area contributed by atoms with Gasteiger partial charge in [-0.3, -0.25) is 4.79 Å². The quantitative estimate of drug-likeness (QED) is 0.903. The zero-order valence-electron chi connectivity index (χ0n) is 12.7. The standard InChI is InChI=1S/C17H15NO5S/c19-16(18-5-6-22-9-12(18)17(20)21)14-7-10-8-23-13-4-2-1-3-11(13)15(10)24-14/h1-4,7,12H,5-6,8-9H2,(H,20,21). The molecule has 0 bridgehead atoms. The first-order valence-corrected chi connectivity index (χ1v) is 8.43. The second-order valence-corrected chi connectivity index (χ2v) is 6.73. The Balaban J connectivity index is 1.68. The Hall–Kier alpha value is -2.38. The van der Waals surface area contributed by atoms with Crippen LogP contribution in [0.2, 0.25) is 0 Å². The lowest BCUT2D eigenvalue weighted by Crippen LogP contribution is -2.52. The summed E-state index contributed by atoms with van der Waals surface area (Å²) in [4.78, 5) is 27.1. The minimum atomic E-state index is -1.04. The third kappa shape index (κ3) is 2.46. The zero-order valence-corrected chi connectivity index (χ0v) is 13.5. The molecule has 7 heteroatoms. The lowest BCUT2D eigenvalue weighted by atomic mass is 10.1. The topological polar surface area (TPSA) is 76.1 Å². The monoisotopic (exact) mass is 345 g/mol. The van der Waals surface area contributed by atoms with Gasteiger partial charge in [0.1, 0.15) is 12.4 Å². The normalized spacial score (nSPS) is 19.2. The SMILES string of the molecule is O=C(O)C1COCCN1C(=O)c1cc2c(s1)-c1ccccc1OC2. The number of hydrogen-bond acceptors (Lipinski definition) is 5. The van der Waals surface area contributed by atoms with E-state index in [0.717, 1.165) is 21.8 Å². The number of carbonyl (C=O) groups excluding carboxylic acids is 1. The molecule has 1 N–H and O–H groups in total. The summed E-state index contributed by atoms with van der Waals surface area (Å²) in [5.74, 6) is -0.499. The fourth-order valence-electron chi connectivity index (χ4n) is 3.00. The average Bonchev–Trinajstić information content (AvgIpc) is 3.05. The van der Waals surface area contributed by atoms with E-state index in [1.807, 2.05) is 30.3 Å². The number of fused-ring (bicyclic) bond motifs is 3. The number of amides is 1. The van der Waals surface area contributed by atoms with Crippen LogP contribution in [0, 0.1) is 0 Å². The highest BCUT2D eigenvalue weighted by atomic mass is 32.1. The lowest BCUT2D eigenvalue weighted by Gasteiger charge is -2.32. The summed E-state index contributed by atoms with van der Waals surface area (Å²) in [5, 5.41) is 9.31. The summed E-state index contributed by atoms with van der Waals surface area (Å²) in [6.45, 7) is 1.08. The van der Waals surface area contributed by atoms with Crippen molar-refractivity contribution in [1.82, 2.24) is 4.90 Å². The Kier molecular flexibility index (Phi) is 3.74. The molecule has 0 spiro atoms. The second-order valence-electron chi connectivity index (χ2n) is 5.68. The summed E-state index contributed by atoms with van der Waals surface area (Å²) in [6, 6.07) is 8.59. The molecule has 1 saturated heterocycles. The number of carboxylic acid groups (broad SMARTS) is 1. The van der Waals surface area contributed by atoms with Crippen LogP contribution in [0.15, 0.2) is 30.3 Å². The number of nitrogens with zero attached hydrogens (tertiary/aromatic N) is 1. The number of para-hydroxylation sites is 1. The van der Waals surface area contributed by atoms with Crippen LogP contribution in [-0.4, -0.2) is 47.7 Å². The van der Waals surface area contributed by atoms with Gasteiger partial charge in [0.2, 0.25) is 0 Å². The number of rotatable bonds is 2. The number of carboxylic acids is 1. The molecule has 24 heavy (non-hydrogen) atoms. The number of carbonyl (C=O) groups is 2. The minimum Gasteiger partial charge on any atom is -0.488 e. The molecule has 2 aromatic rings. The molecule has 6 nitrogen and oxygen atoms in total. The van der Waals surface area contributed by atoms with Crippen molar-refractivity contribution in [3.05, 3.63) is 40.8 Å². The Bertz CT molecular complexity index is 815. The Labute approximate surface area is 142 Å². The number of ether oxygens (including phenoxy) is 2. The predicted molar refractivity (Wildman–Crippen MR) is 87.4 cm³/mol. The number of benzene rings is 1.